The van der Waals surface area contributed by atoms with Crippen molar-refractivity contribution in [2.75, 3.05) is 6.54 Å². The van der Waals surface area contributed by atoms with Gasteiger partial charge in [-0.3, -0.25) is 4.98 Å². The Hall–Kier alpha value is -1.67. The number of aromatic nitrogens is 1. The normalized spacial score (nSPS) is 12.3. The average molecular weight is 282 g/mol. The van der Waals surface area contributed by atoms with E-state index in [1.165, 1.54) is 23.1 Å². The van der Waals surface area contributed by atoms with E-state index >= 15 is 0 Å². The summed E-state index contributed by atoms with van der Waals surface area (Å²) in [5.74, 6) is 0. The van der Waals surface area contributed by atoms with Crippen LogP contribution in [-0.2, 0) is 12.8 Å². The fourth-order valence-corrected chi connectivity index (χ4v) is 2.64. The van der Waals surface area contributed by atoms with E-state index in [1.54, 1.807) is 0 Å². The zero-order valence-corrected chi connectivity index (χ0v) is 13.2. The van der Waals surface area contributed by atoms with Crippen LogP contribution in [-0.4, -0.2) is 11.5 Å². The van der Waals surface area contributed by atoms with Crippen molar-refractivity contribution in [3.63, 3.8) is 0 Å². The van der Waals surface area contributed by atoms with Gasteiger partial charge >= 0.3 is 0 Å². The van der Waals surface area contributed by atoms with Crippen LogP contribution in [0.4, 0.5) is 0 Å². The van der Waals surface area contributed by atoms with Crippen molar-refractivity contribution >= 4 is 0 Å². The molecule has 0 fully saturated rings. The van der Waals surface area contributed by atoms with Crippen molar-refractivity contribution in [2.45, 2.75) is 45.6 Å². The van der Waals surface area contributed by atoms with E-state index in [0.717, 1.165) is 25.8 Å². The maximum Gasteiger partial charge on any atom is 0.0360 e. The molecule has 2 heteroatoms. The fourth-order valence-electron chi connectivity index (χ4n) is 2.64. The second kappa shape index (κ2) is 8.58. The Kier molecular flexibility index (Phi) is 6.42. The predicted octanol–water partition coefficient (Wildman–Crippen LogP) is 4.32. The second-order valence-electron chi connectivity index (χ2n) is 5.56. The van der Waals surface area contributed by atoms with Crippen LogP contribution in [0, 0.1) is 0 Å². The molecule has 1 unspecified atom stereocenters. The summed E-state index contributed by atoms with van der Waals surface area (Å²) < 4.78 is 0. The Morgan fingerprint density at radius 1 is 1.00 bits per heavy atom. The van der Waals surface area contributed by atoms with Crippen LogP contribution in [0.2, 0.25) is 0 Å². The molecule has 2 aromatic rings. The summed E-state index contributed by atoms with van der Waals surface area (Å²) >= 11 is 0. The standard InChI is InChI=1S/C19H26N2/c1-3-6-16-7-5-8-18(14-16)19(21-11-4-2)15-17-9-12-20-13-10-17/h5,7-10,12-14,19,21H,3-4,6,11,15H2,1-2H3. The van der Waals surface area contributed by atoms with E-state index in [0.29, 0.717) is 6.04 Å². The van der Waals surface area contributed by atoms with Crippen LogP contribution in [0.5, 0.6) is 0 Å². The number of nitrogens with zero attached hydrogens (tertiary/aromatic N) is 1. The van der Waals surface area contributed by atoms with E-state index in [9.17, 15) is 0 Å². The molecule has 0 spiro atoms. The van der Waals surface area contributed by atoms with Crippen LogP contribution >= 0.6 is 0 Å². The van der Waals surface area contributed by atoms with Gasteiger partial charge in [-0.1, -0.05) is 44.5 Å². The molecule has 0 bridgehead atoms. The first kappa shape index (κ1) is 15.7. The number of rotatable bonds is 8. The maximum absolute atomic E-state index is 4.11. The van der Waals surface area contributed by atoms with Crippen molar-refractivity contribution in [1.29, 1.82) is 0 Å². The van der Waals surface area contributed by atoms with Crippen LogP contribution in [0.15, 0.2) is 48.8 Å². The van der Waals surface area contributed by atoms with Crippen molar-refractivity contribution in [3.8, 4) is 0 Å². The number of hydrogen-bond donors (Lipinski definition) is 1. The minimum Gasteiger partial charge on any atom is -0.310 e. The molecule has 0 aliphatic rings. The molecule has 112 valence electrons. The molecular weight excluding hydrogens is 256 g/mol. The number of aryl methyl sites for hydroxylation is 1. The van der Waals surface area contributed by atoms with Crippen molar-refractivity contribution in [2.24, 2.45) is 0 Å². The topological polar surface area (TPSA) is 24.9 Å². The minimum atomic E-state index is 0.379. The second-order valence-corrected chi connectivity index (χ2v) is 5.56. The van der Waals surface area contributed by atoms with Gasteiger partial charge in [-0.2, -0.15) is 0 Å². The highest BCUT2D eigenvalue weighted by molar-refractivity contribution is 5.28. The highest BCUT2D eigenvalue weighted by atomic mass is 14.9. The number of benzene rings is 1. The van der Waals surface area contributed by atoms with Crippen LogP contribution in [0.3, 0.4) is 0 Å². The highest BCUT2D eigenvalue weighted by Gasteiger charge is 2.12. The molecule has 1 N–H and O–H groups in total. The molecule has 0 saturated heterocycles. The minimum absolute atomic E-state index is 0.379. The monoisotopic (exact) mass is 282 g/mol. The lowest BCUT2D eigenvalue weighted by Gasteiger charge is -2.20. The van der Waals surface area contributed by atoms with Gasteiger partial charge in [-0.25, -0.2) is 0 Å². The molecule has 21 heavy (non-hydrogen) atoms. The molecule has 0 aliphatic carbocycles. The zero-order chi connectivity index (χ0) is 14.9. The SMILES string of the molecule is CCCNC(Cc1ccncc1)c1cccc(CCC)c1. The largest absolute Gasteiger partial charge is 0.310 e. The van der Waals surface area contributed by atoms with E-state index in [4.69, 9.17) is 0 Å². The van der Waals surface area contributed by atoms with Crippen LogP contribution in [0.1, 0.15) is 49.4 Å². The highest BCUT2D eigenvalue weighted by Crippen LogP contribution is 2.20. The molecule has 1 aromatic heterocycles. The Bertz CT molecular complexity index is 522. The molecule has 0 saturated carbocycles. The van der Waals surface area contributed by atoms with Gasteiger partial charge in [0.05, 0.1) is 0 Å². The van der Waals surface area contributed by atoms with Gasteiger partial charge in [0.1, 0.15) is 0 Å². The maximum atomic E-state index is 4.11. The van der Waals surface area contributed by atoms with Gasteiger partial charge in [-0.05, 0) is 54.6 Å². The summed E-state index contributed by atoms with van der Waals surface area (Å²) in [6.07, 6.45) is 8.27. The molecule has 0 aliphatic heterocycles. The quantitative estimate of drug-likeness (QED) is 0.780. The predicted molar refractivity (Wildman–Crippen MR) is 89.4 cm³/mol. The molecule has 0 amide bonds. The lowest BCUT2D eigenvalue weighted by molar-refractivity contribution is 0.528. The molecule has 2 rings (SSSR count). The van der Waals surface area contributed by atoms with E-state index < -0.39 is 0 Å². The molecule has 1 aromatic carbocycles. The third-order valence-electron chi connectivity index (χ3n) is 3.72. The van der Waals surface area contributed by atoms with Gasteiger partial charge in [0.2, 0.25) is 0 Å². The van der Waals surface area contributed by atoms with E-state index in [2.05, 4.69) is 60.5 Å². The zero-order valence-electron chi connectivity index (χ0n) is 13.2. The van der Waals surface area contributed by atoms with Gasteiger partial charge in [0.15, 0.2) is 0 Å². The fraction of sp³-hybridized carbons (Fsp3) is 0.421. The van der Waals surface area contributed by atoms with Gasteiger partial charge in [-0.15, -0.1) is 0 Å². The third kappa shape index (κ3) is 4.98. The molecule has 1 atom stereocenters. The molecule has 2 nitrogen and oxygen atoms in total. The summed E-state index contributed by atoms with van der Waals surface area (Å²) in [5.41, 5.74) is 4.17. The molecule has 1 heterocycles. The lowest BCUT2D eigenvalue weighted by Crippen LogP contribution is -2.24. The Morgan fingerprint density at radius 3 is 2.52 bits per heavy atom. The first-order valence-corrected chi connectivity index (χ1v) is 8.04. The van der Waals surface area contributed by atoms with Crippen molar-refractivity contribution in [3.05, 3.63) is 65.5 Å². The summed E-state index contributed by atoms with van der Waals surface area (Å²) in [4.78, 5) is 4.11. The molecular formula is C19H26N2. The van der Waals surface area contributed by atoms with Crippen LogP contribution < -0.4 is 5.32 Å². The van der Waals surface area contributed by atoms with Crippen molar-refractivity contribution < 1.29 is 0 Å². The first-order chi connectivity index (χ1) is 10.3. The summed E-state index contributed by atoms with van der Waals surface area (Å²) in [5, 5.41) is 3.68. The average Bonchev–Trinajstić information content (AvgIpc) is 2.53. The van der Waals surface area contributed by atoms with E-state index in [-0.39, 0.29) is 0 Å². The van der Waals surface area contributed by atoms with Crippen molar-refractivity contribution in [1.82, 2.24) is 10.3 Å². The van der Waals surface area contributed by atoms with E-state index in [1.807, 2.05) is 12.4 Å². The number of pyridine rings is 1. The Morgan fingerprint density at radius 2 is 1.81 bits per heavy atom. The summed E-state index contributed by atoms with van der Waals surface area (Å²) in [6.45, 7) is 5.49. The Balaban J connectivity index is 2.16. The third-order valence-corrected chi connectivity index (χ3v) is 3.72. The smallest absolute Gasteiger partial charge is 0.0360 e. The first-order valence-electron chi connectivity index (χ1n) is 8.04. The van der Waals surface area contributed by atoms with Gasteiger partial charge in [0.25, 0.3) is 0 Å². The molecule has 0 radical (unpaired) electrons. The van der Waals surface area contributed by atoms with Gasteiger partial charge < -0.3 is 5.32 Å². The number of hydrogen-bond acceptors (Lipinski definition) is 2. The summed E-state index contributed by atoms with van der Waals surface area (Å²) in [6, 6.07) is 13.6. The van der Waals surface area contributed by atoms with Gasteiger partial charge in [0, 0.05) is 18.4 Å². The lowest BCUT2D eigenvalue weighted by atomic mass is 9.96. The van der Waals surface area contributed by atoms with Crippen LogP contribution in [0.25, 0.3) is 0 Å². The number of nitrogens with one attached hydrogen (secondary N) is 1. The Labute approximate surface area is 128 Å². The summed E-state index contributed by atoms with van der Waals surface area (Å²) in [7, 11) is 0.